The van der Waals surface area contributed by atoms with Gasteiger partial charge in [0, 0.05) is 7.11 Å². The van der Waals surface area contributed by atoms with Crippen LogP contribution in [0.1, 0.15) is 0 Å². The lowest BCUT2D eigenvalue weighted by molar-refractivity contribution is -0.314. The number of carboxylic acids is 1. The molecule has 9 unspecified atom stereocenters. The number of aliphatic hydroxyl groups excluding tert-OH is 5. The van der Waals surface area contributed by atoms with Crippen LogP contribution >= 0.6 is 0 Å². The summed E-state index contributed by atoms with van der Waals surface area (Å²) >= 11 is 0. The van der Waals surface area contributed by atoms with Gasteiger partial charge in [0.2, 0.25) is 0 Å². The number of rotatable bonds is 5. The van der Waals surface area contributed by atoms with Crippen molar-refractivity contribution in [2.45, 2.75) is 55.3 Å². The molecule has 0 aromatic rings. The number of aliphatic hydroxyl groups is 5. The average molecular weight is 340 g/mol. The quantitative estimate of drug-likeness (QED) is 0.287. The Morgan fingerprint density at radius 1 is 1.04 bits per heavy atom. The van der Waals surface area contributed by atoms with Gasteiger partial charge in [-0.05, 0) is 0 Å². The summed E-state index contributed by atoms with van der Waals surface area (Å²) in [5, 5.41) is 57.4. The van der Waals surface area contributed by atoms with Crippen molar-refractivity contribution in [1.29, 1.82) is 0 Å². The van der Waals surface area contributed by atoms with E-state index in [-0.39, 0.29) is 0 Å². The summed E-state index contributed by atoms with van der Waals surface area (Å²) in [6.07, 6.45) is -13.5. The highest BCUT2D eigenvalue weighted by molar-refractivity contribution is 5.73. The highest BCUT2D eigenvalue weighted by Gasteiger charge is 2.52. The fourth-order valence-electron chi connectivity index (χ4n) is 2.60. The van der Waals surface area contributed by atoms with E-state index in [1.165, 1.54) is 0 Å². The lowest BCUT2D eigenvalue weighted by atomic mass is 9.98. The van der Waals surface area contributed by atoms with Crippen LogP contribution in [0.15, 0.2) is 0 Å². The van der Waals surface area contributed by atoms with Crippen LogP contribution in [0.2, 0.25) is 0 Å². The van der Waals surface area contributed by atoms with Gasteiger partial charge in [0.15, 0.2) is 18.7 Å². The number of aliphatic carboxylic acids is 1. The van der Waals surface area contributed by atoms with Gasteiger partial charge in [-0.15, -0.1) is 0 Å². The molecular weight excluding hydrogens is 320 g/mol. The summed E-state index contributed by atoms with van der Waals surface area (Å²) in [6.45, 7) is -0.604. The second-order valence-electron chi connectivity index (χ2n) is 5.28. The van der Waals surface area contributed by atoms with Crippen LogP contribution in [-0.2, 0) is 23.7 Å². The Labute approximate surface area is 130 Å². The predicted molar refractivity (Wildman–Crippen MR) is 68.0 cm³/mol. The van der Waals surface area contributed by atoms with Crippen LogP contribution in [0.5, 0.6) is 0 Å². The molecule has 0 saturated carbocycles. The summed E-state index contributed by atoms with van der Waals surface area (Å²) in [5.74, 6) is -1.45. The first-order valence-electron chi connectivity index (χ1n) is 6.87. The standard InChI is InChI=1S/C12H20O11/c1-20-8-4(14)5(15)12(23-9(8)10(17)18)22-7-3(2-13)21-11(19)6(7)16/h3-9,11-16,19H,2H2,1H3,(H,17,18). The number of ether oxygens (including phenoxy) is 4. The van der Waals surface area contributed by atoms with Crippen LogP contribution in [0.4, 0.5) is 0 Å². The molecule has 2 aliphatic heterocycles. The van der Waals surface area contributed by atoms with E-state index >= 15 is 0 Å². The molecule has 23 heavy (non-hydrogen) atoms. The predicted octanol–water partition coefficient (Wildman–Crippen LogP) is -4.01. The zero-order valence-corrected chi connectivity index (χ0v) is 12.1. The monoisotopic (exact) mass is 340 g/mol. The van der Waals surface area contributed by atoms with E-state index in [0.29, 0.717) is 0 Å². The van der Waals surface area contributed by atoms with Gasteiger partial charge in [-0.2, -0.15) is 0 Å². The molecule has 6 N–H and O–H groups in total. The zero-order chi connectivity index (χ0) is 17.3. The summed E-state index contributed by atoms with van der Waals surface area (Å²) in [4.78, 5) is 11.2. The Morgan fingerprint density at radius 3 is 2.22 bits per heavy atom. The van der Waals surface area contributed by atoms with Crippen molar-refractivity contribution in [3.63, 3.8) is 0 Å². The lowest BCUT2D eigenvalue weighted by Crippen LogP contribution is -2.62. The minimum Gasteiger partial charge on any atom is -0.479 e. The Balaban J connectivity index is 2.14. The highest BCUT2D eigenvalue weighted by atomic mass is 16.7. The van der Waals surface area contributed by atoms with Gasteiger partial charge in [-0.1, -0.05) is 0 Å². The van der Waals surface area contributed by atoms with Crippen molar-refractivity contribution in [3.05, 3.63) is 0 Å². The molecule has 0 amide bonds. The molecule has 2 fully saturated rings. The maximum atomic E-state index is 11.2. The Morgan fingerprint density at radius 2 is 1.70 bits per heavy atom. The van der Waals surface area contributed by atoms with Crippen LogP contribution in [0.3, 0.4) is 0 Å². The second-order valence-corrected chi connectivity index (χ2v) is 5.28. The van der Waals surface area contributed by atoms with E-state index in [9.17, 15) is 25.2 Å². The fraction of sp³-hybridized carbons (Fsp3) is 0.917. The number of carboxylic acid groups (broad SMARTS) is 1. The van der Waals surface area contributed by atoms with Crippen LogP contribution in [0, 0.1) is 0 Å². The molecule has 2 heterocycles. The van der Waals surface area contributed by atoms with Crippen molar-refractivity contribution in [1.82, 2.24) is 0 Å². The Kier molecular flexibility index (Phi) is 5.89. The molecule has 0 bridgehead atoms. The first-order chi connectivity index (χ1) is 10.8. The minimum atomic E-state index is -1.68. The van der Waals surface area contributed by atoms with E-state index < -0.39 is 67.9 Å². The van der Waals surface area contributed by atoms with Crippen molar-refractivity contribution in [3.8, 4) is 0 Å². The molecule has 0 spiro atoms. The van der Waals surface area contributed by atoms with E-state index in [1.54, 1.807) is 0 Å². The molecule has 2 aliphatic rings. The third-order valence-electron chi connectivity index (χ3n) is 3.84. The number of hydrogen-bond donors (Lipinski definition) is 6. The summed E-state index contributed by atoms with van der Waals surface area (Å²) in [7, 11) is 1.15. The third kappa shape index (κ3) is 3.47. The third-order valence-corrected chi connectivity index (χ3v) is 3.84. The van der Waals surface area contributed by atoms with Crippen molar-refractivity contribution < 1.29 is 54.4 Å². The number of carbonyl (C=O) groups is 1. The molecule has 2 saturated heterocycles. The maximum Gasteiger partial charge on any atom is 0.335 e. The van der Waals surface area contributed by atoms with E-state index in [1.807, 2.05) is 0 Å². The number of hydrogen-bond acceptors (Lipinski definition) is 10. The molecule has 0 aromatic carbocycles. The van der Waals surface area contributed by atoms with E-state index in [2.05, 4.69) is 0 Å². The summed E-state index contributed by atoms with van der Waals surface area (Å²) in [6, 6.07) is 0. The first-order valence-corrected chi connectivity index (χ1v) is 6.87. The van der Waals surface area contributed by atoms with E-state index in [0.717, 1.165) is 7.11 Å². The largest absolute Gasteiger partial charge is 0.479 e. The van der Waals surface area contributed by atoms with Gasteiger partial charge in [0.25, 0.3) is 0 Å². The van der Waals surface area contributed by atoms with Gasteiger partial charge >= 0.3 is 5.97 Å². The second kappa shape index (κ2) is 7.34. The molecule has 134 valence electrons. The van der Waals surface area contributed by atoms with Crippen LogP contribution < -0.4 is 0 Å². The number of methoxy groups -OCH3 is 1. The molecule has 0 radical (unpaired) electrons. The molecule has 11 heteroatoms. The van der Waals surface area contributed by atoms with Crippen molar-refractivity contribution in [2.75, 3.05) is 13.7 Å². The Bertz CT molecular complexity index is 418. The van der Waals surface area contributed by atoms with Crippen molar-refractivity contribution in [2.24, 2.45) is 0 Å². The van der Waals surface area contributed by atoms with Gasteiger partial charge in [0.1, 0.15) is 36.6 Å². The van der Waals surface area contributed by atoms with Gasteiger partial charge < -0.3 is 49.6 Å². The van der Waals surface area contributed by atoms with Crippen molar-refractivity contribution >= 4 is 5.97 Å². The molecule has 9 atom stereocenters. The first kappa shape index (κ1) is 18.4. The fourth-order valence-corrected chi connectivity index (χ4v) is 2.60. The maximum absolute atomic E-state index is 11.2. The molecular formula is C12H20O11. The average Bonchev–Trinajstić information content (AvgIpc) is 2.78. The zero-order valence-electron chi connectivity index (χ0n) is 12.1. The van der Waals surface area contributed by atoms with Gasteiger partial charge in [-0.25, -0.2) is 4.79 Å². The van der Waals surface area contributed by atoms with Gasteiger partial charge in [0.05, 0.1) is 6.61 Å². The molecule has 0 aromatic heterocycles. The topological polar surface area (TPSA) is 175 Å². The van der Waals surface area contributed by atoms with E-state index in [4.69, 9.17) is 29.2 Å². The summed E-state index contributed by atoms with van der Waals surface area (Å²) < 4.78 is 20.0. The molecule has 11 nitrogen and oxygen atoms in total. The SMILES string of the molecule is COC1C(C(=O)O)OC(OC2C(CO)OC(O)C2O)C(O)C1O. The van der Waals surface area contributed by atoms with Crippen LogP contribution in [0.25, 0.3) is 0 Å². The molecule has 2 rings (SSSR count). The summed E-state index contributed by atoms with van der Waals surface area (Å²) in [5.41, 5.74) is 0. The molecule has 0 aliphatic carbocycles. The minimum absolute atomic E-state index is 0.604. The Hall–Kier alpha value is -0.890. The van der Waals surface area contributed by atoms with Gasteiger partial charge in [-0.3, -0.25) is 0 Å². The smallest absolute Gasteiger partial charge is 0.335 e. The lowest BCUT2D eigenvalue weighted by Gasteiger charge is -2.41. The normalized spacial score (nSPS) is 47.7. The van der Waals surface area contributed by atoms with Crippen LogP contribution in [-0.4, -0.2) is 106 Å². The highest BCUT2D eigenvalue weighted by Crippen LogP contribution is 2.29.